The maximum Gasteiger partial charge on any atom is 0.117 e. The van der Waals surface area contributed by atoms with E-state index in [9.17, 15) is 0 Å². The van der Waals surface area contributed by atoms with Gasteiger partial charge in [0, 0.05) is 12.0 Å². The normalized spacial score (nSPS) is 30.2. The topological polar surface area (TPSA) is 25.2 Å². The fourth-order valence-corrected chi connectivity index (χ4v) is 2.26. The summed E-state index contributed by atoms with van der Waals surface area (Å²) < 4.78 is 5.83. The van der Waals surface area contributed by atoms with Crippen LogP contribution in [-0.4, -0.2) is 6.04 Å². The number of hydrogen-bond acceptors (Lipinski definition) is 2. The van der Waals surface area contributed by atoms with Crippen LogP contribution in [0.5, 0.6) is 0 Å². The van der Waals surface area contributed by atoms with Gasteiger partial charge in [-0.2, -0.15) is 0 Å². The highest BCUT2D eigenvalue weighted by Gasteiger charge is 2.36. The highest BCUT2D eigenvalue weighted by atomic mass is 16.3. The lowest BCUT2D eigenvalue weighted by atomic mass is 9.93. The molecule has 2 aliphatic carbocycles. The Labute approximate surface area is 91.0 Å². The molecule has 0 amide bonds. The summed E-state index contributed by atoms with van der Waals surface area (Å²) in [5, 5.41) is 3.53. The second kappa shape index (κ2) is 3.67. The van der Waals surface area contributed by atoms with Gasteiger partial charge >= 0.3 is 0 Å². The van der Waals surface area contributed by atoms with Gasteiger partial charge in [0.25, 0.3) is 0 Å². The van der Waals surface area contributed by atoms with Gasteiger partial charge in [0.2, 0.25) is 0 Å². The summed E-state index contributed by atoms with van der Waals surface area (Å²) in [6.45, 7) is 3.20. The van der Waals surface area contributed by atoms with Gasteiger partial charge in [-0.1, -0.05) is 13.3 Å². The fraction of sp³-hybridized carbons (Fsp3) is 0.692. The minimum Gasteiger partial charge on any atom is -0.464 e. The Kier molecular flexibility index (Phi) is 2.32. The SMILES string of the molecule is CC1CC1c1ccc(CNC2CCC2)o1. The summed E-state index contributed by atoms with van der Waals surface area (Å²) in [5.74, 6) is 3.86. The van der Waals surface area contributed by atoms with Crippen LogP contribution in [0.3, 0.4) is 0 Å². The Morgan fingerprint density at radius 3 is 2.80 bits per heavy atom. The molecular weight excluding hydrogens is 186 g/mol. The molecule has 82 valence electrons. The van der Waals surface area contributed by atoms with Crippen LogP contribution in [0, 0.1) is 5.92 Å². The van der Waals surface area contributed by atoms with Gasteiger partial charge in [0.05, 0.1) is 6.54 Å². The summed E-state index contributed by atoms with van der Waals surface area (Å²) in [5.41, 5.74) is 0. The molecule has 2 nitrogen and oxygen atoms in total. The van der Waals surface area contributed by atoms with Crippen LogP contribution in [0.4, 0.5) is 0 Å². The van der Waals surface area contributed by atoms with Crippen LogP contribution in [0.1, 0.15) is 50.0 Å². The van der Waals surface area contributed by atoms with Gasteiger partial charge in [-0.25, -0.2) is 0 Å². The summed E-state index contributed by atoms with van der Waals surface area (Å²) in [4.78, 5) is 0. The monoisotopic (exact) mass is 205 g/mol. The third kappa shape index (κ3) is 1.96. The summed E-state index contributed by atoms with van der Waals surface area (Å²) in [6, 6.07) is 5.04. The van der Waals surface area contributed by atoms with Crippen molar-refractivity contribution in [2.24, 2.45) is 5.92 Å². The minimum atomic E-state index is 0.711. The van der Waals surface area contributed by atoms with E-state index in [0.29, 0.717) is 5.92 Å². The molecule has 2 fully saturated rings. The molecule has 0 saturated heterocycles. The van der Waals surface area contributed by atoms with Crippen LogP contribution >= 0.6 is 0 Å². The third-order valence-corrected chi connectivity index (χ3v) is 3.83. The first kappa shape index (κ1) is 9.46. The zero-order chi connectivity index (χ0) is 10.3. The summed E-state index contributed by atoms with van der Waals surface area (Å²) in [7, 11) is 0. The van der Waals surface area contributed by atoms with E-state index < -0.39 is 0 Å². The molecule has 3 rings (SSSR count). The van der Waals surface area contributed by atoms with E-state index in [0.717, 1.165) is 24.3 Å². The van der Waals surface area contributed by atoms with Gasteiger partial charge in [-0.3, -0.25) is 0 Å². The lowest BCUT2D eigenvalue weighted by Gasteiger charge is -2.25. The Morgan fingerprint density at radius 2 is 2.20 bits per heavy atom. The van der Waals surface area contributed by atoms with Crippen LogP contribution in [0.25, 0.3) is 0 Å². The molecule has 1 aromatic heterocycles. The molecule has 2 aliphatic rings. The first-order valence-electron chi connectivity index (χ1n) is 6.15. The molecule has 2 unspecified atom stereocenters. The maximum absolute atomic E-state index is 5.83. The van der Waals surface area contributed by atoms with E-state index >= 15 is 0 Å². The second-order valence-electron chi connectivity index (χ2n) is 5.13. The maximum atomic E-state index is 5.83. The van der Waals surface area contributed by atoms with E-state index in [1.165, 1.54) is 31.4 Å². The van der Waals surface area contributed by atoms with E-state index in [1.54, 1.807) is 0 Å². The lowest BCUT2D eigenvalue weighted by molar-refractivity contribution is 0.322. The van der Waals surface area contributed by atoms with Crippen LogP contribution in [0.15, 0.2) is 16.5 Å². The van der Waals surface area contributed by atoms with E-state index in [4.69, 9.17) is 4.42 Å². The Morgan fingerprint density at radius 1 is 1.40 bits per heavy atom. The van der Waals surface area contributed by atoms with Gasteiger partial charge in [-0.15, -0.1) is 0 Å². The van der Waals surface area contributed by atoms with E-state index in [2.05, 4.69) is 24.4 Å². The predicted molar refractivity (Wildman–Crippen MR) is 59.7 cm³/mol. The van der Waals surface area contributed by atoms with Crippen molar-refractivity contribution in [1.82, 2.24) is 5.32 Å². The average molecular weight is 205 g/mol. The predicted octanol–water partition coefficient (Wildman–Crippen LogP) is 3.05. The van der Waals surface area contributed by atoms with Crippen LogP contribution in [-0.2, 0) is 6.54 Å². The zero-order valence-electron chi connectivity index (χ0n) is 9.33. The molecule has 1 N–H and O–H groups in total. The highest BCUT2D eigenvalue weighted by molar-refractivity contribution is 5.17. The van der Waals surface area contributed by atoms with E-state index in [1.807, 2.05) is 0 Å². The number of rotatable bonds is 4. The number of furan rings is 1. The zero-order valence-corrected chi connectivity index (χ0v) is 9.33. The molecular formula is C13H19NO. The molecule has 2 saturated carbocycles. The van der Waals surface area contributed by atoms with Crippen molar-refractivity contribution in [3.8, 4) is 0 Å². The summed E-state index contributed by atoms with van der Waals surface area (Å²) in [6.07, 6.45) is 5.38. The Bertz CT molecular complexity index is 340. The first-order valence-corrected chi connectivity index (χ1v) is 6.15. The van der Waals surface area contributed by atoms with Gasteiger partial charge in [0.1, 0.15) is 11.5 Å². The van der Waals surface area contributed by atoms with Gasteiger partial charge in [0.15, 0.2) is 0 Å². The van der Waals surface area contributed by atoms with Crippen molar-refractivity contribution in [2.75, 3.05) is 0 Å². The Balaban J connectivity index is 1.54. The fourth-order valence-electron chi connectivity index (χ4n) is 2.26. The molecule has 0 spiro atoms. The quantitative estimate of drug-likeness (QED) is 0.817. The Hall–Kier alpha value is -0.760. The van der Waals surface area contributed by atoms with E-state index in [-0.39, 0.29) is 0 Å². The first-order chi connectivity index (χ1) is 7.33. The lowest BCUT2D eigenvalue weighted by Crippen LogP contribution is -2.34. The smallest absolute Gasteiger partial charge is 0.117 e. The highest BCUT2D eigenvalue weighted by Crippen LogP contribution is 2.47. The molecule has 0 bridgehead atoms. The molecule has 2 atom stereocenters. The van der Waals surface area contributed by atoms with Crippen molar-refractivity contribution >= 4 is 0 Å². The molecule has 0 aliphatic heterocycles. The van der Waals surface area contributed by atoms with Crippen molar-refractivity contribution in [2.45, 2.75) is 51.1 Å². The molecule has 2 heteroatoms. The largest absolute Gasteiger partial charge is 0.464 e. The molecule has 0 radical (unpaired) electrons. The number of hydrogen-bond donors (Lipinski definition) is 1. The average Bonchev–Trinajstić information content (AvgIpc) is 2.72. The van der Waals surface area contributed by atoms with Crippen LogP contribution in [0.2, 0.25) is 0 Å². The van der Waals surface area contributed by atoms with Crippen LogP contribution < -0.4 is 5.32 Å². The molecule has 1 heterocycles. The minimum absolute atomic E-state index is 0.711. The molecule has 15 heavy (non-hydrogen) atoms. The van der Waals surface area contributed by atoms with Crippen molar-refractivity contribution < 1.29 is 4.42 Å². The summed E-state index contributed by atoms with van der Waals surface area (Å²) >= 11 is 0. The third-order valence-electron chi connectivity index (χ3n) is 3.83. The van der Waals surface area contributed by atoms with Crippen molar-refractivity contribution in [3.05, 3.63) is 23.7 Å². The van der Waals surface area contributed by atoms with Crippen molar-refractivity contribution in [3.63, 3.8) is 0 Å². The van der Waals surface area contributed by atoms with Gasteiger partial charge < -0.3 is 9.73 Å². The number of nitrogens with one attached hydrogen (secondary N) is 1. The second-order valence-corrected chi connectivity index (χ2v) is 5.13. The molecule has 1 aromatic rings. The van der Waals surface area contributed by atoms with Gasteiger partial charge in [-0.05, 0) is 37.3 Å². The standard InChI is InChI=1S/C13H19NO/c1-9-7-12(9)13-6-5-11(15-13)8-14-10-3-2-4-10/h5-6,9-10,12,14H,2-4,7-8H2,1H3. The molecule has 0 aromatic carbocycles. The van der Waals surface area contributed by atoms with Crippen molar-refractivity contribution in [1.29, 1.82) is 0 Å².